The molecule has 1 spiro atoms. The van der Waals surface area contributed by atoms with Crippen molar-refractivity contribution in [3.05, 3.63) is 52.0 Å². The second-order valence-corrected chi connectivity index (χ2v) is 7.78. The van der Waals surface area contributed by atoms with Crippen LogP contribution >= 0.6 is 15.9 Å². The Kier molecular flexibility index (Phi) is 4.20. The van der Waals surface area contributed by atoms with Crippen LogP contribution in [0, 0.1) is 0 Å². The molecular weight excluding hydrogens is 396 g/mol. The molecule has 0 saturated carbocycles. The molecule has 1 saturated heterocycles. The van der Waals surface area contributed by atoms with E-state index in [4.69, 9.17) is 9.73 Å². The fourth-order valence-corrected chi connectivity index (χ4v) is 4.78. The number of halogens is 1. The Hall–Kier alpha value is -2.05. The zero-order valence-corrected chi connectivity index (χ0v) is 16.2. The van der Waals surface area contributed by atoms with Crippen molar-refractivity contribution in [2.75, 3.05) is 20.2 Å². The Balaban J connectivity index is 1.90. The van der Waals surface area contributed by atoms with Crippen LogP contribution in [0.5, 0.6) is 0 Å². The summed E-state index contributed by atoms with van der Waals surface area (Å²) >= 11 is 3.56. The molecule has 1 aromatic rings. The molecule has 26 heavy (non-hydrogen) atoms. The Bertz CT molecular complexity index is 902. The first-order chi connectivity index (χ1) is 12.5. The summed E-state index contributed by atoms with van der Waals surface area (Å²) in [6.07, 6.45) is 4.16. The van der Waals surface area contributed by atoms with Crippen molar-refractivity contribution >= 4 is 39.1 Å². The molecular formula is C20H19BrN2O3. The van der Waals surface area contributed by atoms with E-state index in [1.807, 2.05) is 37.3 Å². The van der Waals surface area contributed by atoms with E-state index in [9.17, 15) is 9.59 Å². The first kappa shape index (κ1) is 17.4. The van der Waals surface area contributed by atoms with E-state index in [2.05, 4.69) is 20.8 Å². The van der Waals surface area contributed by atoms with Gasteiger partial charge in [-0.3, -0.25) is 14.7 Å². The molecule has 2 heterocycles. The number of nitrogens with zero attached hydrogens (tertiary/aromatic N) is 2. The maximum absolute atomic E-state index is 13.1. The van der Waals surface area contributed by atoms with Crippen molar-refractivity contribution in [2.45, 2.75) is 24.8 Å². The normalized spacial score (nSPS) is 27.4. The van der Waals surface area contributed by atoms with Crippen LogP contribution in [0.15, 0.2) is 51.5 Å². The summed E-state index contributed by atoms with van der Waals surface area (Å²) in [5.74, 6) is -0.564. The maximum Gasteiger partial charge on any atom is 0.339 e. The van der Waals surface area contributed by atoms with E-state index in [1.54, 1.807) is 0 Å². The molecule has 1 fully saturated rings. The van der Waals surface area contributed by atoms with Gasteiger partial charge in [0.05, 0.1) is 35.5 Å². The molecule has 0 radical (unpaired) electrons. The largest absolute Gasteiger partial charge is 0.465 e. The number of carbonyl (C=O) groups excluding carboxylic acids is 2. The number of likely N-dealkylation sites (tertiary alicyclic amines) is 1. The number of ether oxygens (including phenoxy) is 1. The van der Waals surface area contributed by atoms with Crippen molar-refractivity contribution in [3.8, 4) is 0 Å². The Labute approximate surface area is 160 Å². The third-order valence-electron chi connectivity index (χ3n) is 5.55. The SMILES string of the molecule is C/C=C(\Br)CN1CC[C@@]23C(=Nc4ccccc42)C(C(=O)OC)=CC(=O)[C@H]13. The van der Waals surface area contributed by atoms with Crippen LogP contribution in [0.25, 0.3) is 0 Å². The highest BCUT2D eigenvalue weighted by Crippen LogP contribution is 2.53. The summed E-state index contributed by atoms with van der Waals surface area (Å²) in [6.45, 7) is 3.38. The fourth-order valence-electron chi connectivity index (χ4n) is 4.46. The number of hydrogen-bond donors (Lipinski definition) is 0. The highest BCUT2D eigenvalue weighted by Gasteiger charge is 2.61. The number of ketones is 1. The summed E-state index contributed by atoms with van der Waals surface area (Å²) in [4.78, 5) is 32.4. The Morgan fingerprint density at radius 3 is 2.96 bits per heavy atom. The zero-order chi connectivity index (χ0) is 18.5. The Morgan fingerprint density at radius 1 is 1.46 bits per heavy atom. The fraction of sp³-hybridized carbons (Fsp3) is 0.350. The molecule has 1 aromatic carbocycles. The van der Waals surface area contributed by atoms with Gasteiger partial charge in [-0.05, 0) is 31.1 Å². The molecule has 0 aromatic heterocycles. The highest BCUT2D eigenvalue weighted by molar-refractivity contribution is 9.11. The minimum absolute atomic E-state index is 0.0602. The quantitative estimate of drug-likeness (QED) is 0.713. The summed E-state index contributed by atoms with van der Waals surface area (Å²) in [6, 6.07) is 7.51. The Morgan fingerprint density at radius 2 is 2.23 bits per heavy atom. The molecule has 1 aliphatic carbocycles. The predicted octanol–water partition coefficient (Wildman–Crippen LogP) is 3.07. The molecule has 0 unspecified atom stereocenters. The van der Waals surface area contributed by atoms with Gasteiger partial charge in [-0.25, -0.2) is 4.79 Å². The van der Waals surface area contributed by atoms with Crippen LogP contribution in [-0.4, -0.2) is 48.6 Å². The van der Waals surface area contributed by atoms with E-state index in [1.165, 1.54) is 13.2 Å². The predicted molar refractivity (Wildman–Crippen MR) is 103 cm³/mol. The number of rotatable bonds is 3. The third kappa shape index (κ3) is 2.28. The average Bonchev–Trinajstić information content (AvgIpc) is 3.19. The average molecular weight is 415 g/mol. The number of carbonyl (C=O) groups is 2. The summed E-state index contributed by atoms with van der Waals surface area (Å²) in [5.41, 5.74) is 2.25. The van der Waals surface area contributed by atoms with Crippen LogP contribution in [0.2, 0.25) is 0 Å². The second kappa shape index (κ2) is 6.28. The number of aliphatic imine (C=N–C) groups is 1. The minimum Gasteiger partial charge on any atom is -0.465 e. The van der Waals surface area contributed by atoms with Gasteiger partial charge in [0.1, 0.15) is 0 Å². The number of para-hydroxylation sites is 1. The molecule has 0 N–H and O–H groups in total. The number of benzene rings is 1. The van der Waals surface area contributed by atoms with Gasteiger partial charge in [0.25, 0.3) is 0 Å². The van der Waals surface area contributed by atoms with Gasteiger partial charge in [-0.15, -0.1) is 0 Å². The first-order valence-corrected chi connectivity index (χ1v) is 9.40. The maximum atomic E-state index is 13.1. The van der Waals surface area contributed by atoms with E-state index >= 15 is 0 Å². The van der Waals surface area contributed by atoms with Gasteiger partial charge in [-0.2, -0.15) is 0 Å². The molecule has 3 aliphatic rings. The number of allylic oxidation sites excluding steroid dienone is 1. The van der Waals surface area contributed by atoms with Crippen molar-refractivity contribution in [2.24, 2.45) is 4.99 Å². The summed E-state index contributed by atoms with van der Waals surface area (Å²) in [7, 11) is 1.33. The van der Waals surface area contributed by atoms with Gasteiger partial charge in [0, 0.05) is 17.6 Å². The van der Waals surface area contributed by atoms with Crippen molar-refractivity contribution in [1.82, 2.24) is 4.90 Å². The van der Waals surface area contributed by atoms with Gasteiger partial charge < -0.3 is 4.74 Å². The lowest BCUT2D eigenvalue weighted by molar-refractivity contribution is -0.136. The lowest BCUT2D eigenvalue weighted by Crippen LogP contribution is -2.54. The smallest absolute Gasteiger partial charge is 0.339 e. The van der Waals surface area contributed by atoms with E-state index in [0.717, 1.165) is 28.7 Å². The monoisotopic (exact) mass is 414 g/mol. The summed E-state index contributed by atoms with van der Waals surface area (Å²) in [5, 5.41) is 0. The van der Waals surface area contributed by atoms with Crippen molar-refractivity contribution < 1.29 is 14.3 Å². The minimum atomic E-state index is -0.576. The van der Waals surface area contributed by atoms with Crippen LogP contribution in [0.3, 0.4) is 0 Å². The van der Waals surface area contributed by atoms with E-state index < -0.39 is 11.4 Å². The number of hydrogen-bond acceptors (Lipinski definition) is 5. The van der Waals surface area contributed by atoms with Gasteiger partial charge >= 0.3 is 5.97 Å². The molecule has 0 amide bonds. The van der Waals surface area contributed by atoms with Crippen LogP contribution in [-0.2, 0) is 19.7 Å². The second-order valence-electron chi connectivity index (χ2n) is 6.76. The lowest BCUT2D eigenvalue weighted by atomic mass is 9.65. The summed E-state index contributed by atoms with van der Waals surface area (Å²) < 4.78 is 5.97. The standard InChI is InChI=1S/C20H19BrN2O3/c1-3-12(21)11-23-9-8-20-14-6-4-5-7-15(14)22-17(20)13(19(25)26-2)10-16(24)18(20)23/h3-7,10,18H,8-9,11H2,1-2H3/b12-3-/t18-,20-/m0/s1. The molecule has 6 heteroatoms. The van der Waals surface area contributed by atoms with Crippen molar-refractivity contribution in [1.29, 1.82) is 0 Å². The first-order valence-electron chi connectivity index (χ1n) is 8.60. The van der Waals surface area contributed by atoms with Crippen molar-refractivity contribution in [3.63, 3.8) is 0 Å². The third-order valence-corrected chi connectivity index (χ3v) is 6.26. The molecule has 0 bridgehead atoms. The highest BCUT2D eigenvalue weighted by atomic mass is 79.9. The van der Waals surface area contributed by atoms with E-state index in [0.29, 0.717) is 12.3 Å². The lowest BCUT2D eigenvalue weighted by Gasteiger charge is -2.38. The molecule has 2 atom stereocenters. The zero-order valence-electron chi connectivity index (χ0n) is 14.7. The van der Waals surface area contributed by atoms with Crippen LogP contribution in [0.4, 0.5) is 5.69 Å². The van der Waals surface area contributed by atoms with Crippen LogP contribution in [0.1, 0.15) is 18.9 Å². The molecule has 4 rings (SSSR count). The van der Waals surface area contributed by atoms with Gasteiger partial charge in [0.2, 0.25) is 0 Å². The van der Waals surface area contributed by atoms with Crippen LogP contribution < -0.4 is 0 Å². The van der Waals surface area contributed by atoms with Gasteiger partial charge in [-0.1, -0.05) is 40.2 Å². The number of methoxy groups -OCH3 is 1. The van der Waals surface area contributed by atoms with Gasteiger partial charge in [0.15, 0.2) is 5.78 Å². The molecule has 5 nitrogen and oxygen atoms in total. The van der Waals surface area contributed by atoms with E-state index in [-0.39, 0.29) is 17.4 Å². The number of fused-ring (bicyclic) bond motifs is 1. The topological polar surface area (TPSA) is 59.0 Å². The molecule has 2 aliphatic heterocycles. The number of esters is 1. The molecule has 134 valence electrons.